The molecule has 0 spiro atoms. The van der Waals surface area contributed by atoms with Gasteiger partial charge in [0.05, 0.1) is 0 Å². The van der Waals surface area contributed by atoms with Crippen molar-refractivity contribution in [3.05, 3.63) is 36.0 Å². The average molecular weight is 247 g/mol. The third-order valence-corrected chi connectivity index (χ3v) is 2.89. The van der Waals surface area contributed by atoms with E-state index < -0.39 is 0 Å². The molecule has 4 nitrogen and oxygen atoms in total. The van der Waals surface area contributed by atoms with Crippen LogP contribution >= 0.6 is 0 Å². The minimum atomic E-state index is -0.303. The summed E-state index contributed by atoms with van der Waals surface area (Å²) in [6, 6.07) is 6.84. The molecule has 2 aromatic rings. The number of benzene rings is 1. The smallest absolute Gasteiger partial charge is 0.247 e. The van der Waals surface area contributed by atoms with Gasteiger partial charge in [0.15, 0.2) is 0 Å². The molecule has 94 valence electrons. The highest BCUT2D eigenvalue weighted by atomic mass is 19.1. The summed E-state index contributed by atoms with van der Waals surface area (Å²) in [6.45, 7) is 0.843. The SMILES string of the molecule is Fc1cccc(-c2nnc(CCNC3CC3)o2)c1. The second kappa shape index (κ2) is 4.86. The zero-order valence-corrected chi connectivity index (χ0v) is 9.90. The minimum absolute atomic E-state index is 0.303. The van der Waals surface area contributed by atoms with E-state index in [0.29, 0.717) is 29.8 Å². The van der Waals surface area contributed by atoms with E-state index in [-0.39, 0.29) is 5.82 Å². The average Bonchev–Trinajstić information content (AvgIpc) is 3.06. The van der Waals surface area contributed by atoms with Crippen LogP contribution in [0, 0.1) is 5.82 Å². The highest BCUT2D eigenvalue weighted by molar-refractivity contribution is 5.52. The first-order chi connectivity index (χ1) is 8.81. The molecule has 1 aromatic carbocycles. The molecule has 0 unspecified atom stereocenters. The minimum Gasteiger partial charge on any atom is -0.421 e. The molecule has 1 aromatic heterocycles. The lowest BCUT2D eigenvalue weighted by molar-refractivity contribution is 0.493. The zero-order valence-electron chi connectivity index (χ0n) is 9.90. The Morgan fingerprint density at radius 1 is 1.33 bits per heavy atom. The number of halogens is 1. The summed E-state index contributed by atoms with van der Waals surface area (Å²) in [5.41, 5.74) is 0.615. The Hall–Kier alpha value is -1.75. The van der Waals surface area contributed by atoms with Crippen molar-refractivity contribution in [3.8, 4) is 11.5 Å². The van der Waals surface area contributed by atoms with Crippen molar-refractivity contribution in [2.45, 2.75) is 25.3 Å². The van der Waals surface area contributed by atoms with Crippen LogP contribution in [0.3, 0.4) is 0 Å². The van der Waals surface area contributed by atoms with Gasteiger partial charge in [-0.1, -0.05) is 6.07 Å². The van der Waals surface area contributed by atoms with E-state index in [1.807, 2.05) is 0 Å². The van der Waals surface area contributed by atoms with Gasteiger partial charge in [-0.15, -0.1) is 10.2 Å². The van der Waals surface area contributed by atoms with Crippen LogP contribution in [-0.2, 0) is 6.42 Å². The summed E-state index contributed by atoms with van der Waals surface area (Å²) >= 11 is 0. The van der Waals surface area contributed by atoms with Crippen LogP contribution in [0.4, 0.5) is 4.39 Å². The van der Waals surface area contributed by atoms with Crippen molar-refractivity contribution in [3.63, 3.8) is 0 Å². The van der Waals surface area contributed by atoms with Gasteiger partial charge >= 0.3 is 0 Å². The molecule has 1 fully saturated rings. The first-order valence-corrected chi connectivity index (χ1v) is 6.13. The summed E-state index contributed by atoms with van der Waals surface area (Å²) in [5.74, 6) is 0.654. The zero-order chi connectivity index (χ0) is 12.4. The summed E-state index contributed by atoms with van der Waals surface area (Å²) in [4.78, 5) is 0. The van der Waals surface area contributed by atoms with Gasteiger partial charge in [0, 0.05) is 24.6 Å². The Morgan fingerprint density at radius 3 is 3.00 bits per heavy atom. The molecule has 0 amide bonds. The van der Waals surface area contributed by atoms with E-state index >= 15 is 0 Å². The number of hydrogen-bond acceptors (Lipinski definition) is 4. The molecular formula is C13H14FN3O. The monoisotopic (exact) mass is 247 g/mol. The maximum absolute atomic E-state index is 13.1. The summed E-state index contributed by atoms with van der Waals surface area (Å²) < 4.78 is 18.6. The molecule has 1 saturated carbocycles. The van der Waals surface area contributed by atoms with Crippen LogP contribution in [0.25, 0.3) is 11.5 Å². The first-order valence-electron chi connectivity index (χ1n) is 6.13. The Labute approximate surface area is 104 Å². The summed E-state index contributed by atoms with van der Waals surface area (Å²) in [7, 11) is 0. The topological polar surface area (TPSA) is 51.0 Å². The van der Waals surface area contributed by atoms with Crippen LogP contribution in [0.15, 0.2) is 28.7 Å². The van der Waals surface area contributed by atoms with E-state index in [1.54, 1.807) is 12.1 Å². The van der Waals surface area contributed by atoms with Crippen molar-refractivity contribution in [2.75, 3.05) is 6.54 Å². The first kappa shape index (κ1) is 11.3. The number of aromatic nitrogens is 2. The Morgan fingerprint density at radius 2 is 2.22 bits per heavy atom. The van der Waals surface area contributed by atoms with Crippen molar-refractivity contribution in [1.82, 2.24) is 15.5 Å². The molecule has 3 rings (SSSR count). The third kappa shape index (κ3) is 2.73. The van der Waals surface area contributed by atoms with E-state index in [9.17, 15) is 4.39 Å². The Balaban J connectivity index is 1.64. The fraction of sp³-hybridized carbons (Fsp3) is 0.385. The van der Waals surface area contributed by atoms with E-state index in [4.69, 9.17) is 4.42 Å². The molecule has 1 aliphatic carbocycles. The van der Waals surface area contributed by atoms with Gasteiger partial charge in [-0.05, 0) is 31.0 Å². The molecule has 0 saturated heterocycles. The number of nitrogens with one attached hydrogen (secondary N) is 1. The van der Waals surface area contributed by atoms with Gasteiger partial charge in [0.2, 0.25) is 11.8 Å². The highest BCUT2D eigenvalue weighted by Crippen LogP contribution is 2.20. The van der Waals surface area contributed by atoms with Crippen LogP contribution in [-0.4, -0.2) is 22.8 Å². The molecular weight excluding hydrogens is 233 g/mol. The van der Waals surface area contributed by atoms with Gasteiger partial charge in [-0.2, -0.15) is 0 Å². The Kier molecular flexibility index (Phi) is 3.06. The van der Waals surface area contributed by atoms with Gasteiger partial charge in [0.25, 0.3) is 0 Å². The molecule has 1 heterocycles. The van der Waals surface area contributed by atoms with Gasteiger partial charge in [-0.3, -0.25) is 0 Å². The predicted octanol–water partition coefficient (Wildman–Crippen LogP) is 2.17. The fourth-order valence-corrected chi connectivity index (χ4v) is 1.76. The number of hydrogen-bond donors (Lipinski definition) is 1. The van der Waals surface area contributed by atoms with E-state index in [1.165, 1.54) is 25.0 Å². The lowest BCUT2D eigenvalue weighted by Crippen LogP contribution is -2.19. The van der Waals surface area contributed by atoms with Crippen LogP contribution in [0.2, 0.25) is 0 Å². The van der Waals surface area contributed by atoms with Gasteiger partial charge in [0.1, 0.15) is 5.82 Å². The van der Waals surface area contributed by atoms with Crippen molar-refractivity contribution < 1.29 is 8.81 Å². The second-order valence-corrected chi connectivity index (χ2v) is 4.49. The molecule has 1 N–H and O–H groups in total. The maximum atomic E-state index is 13.1. The maximum Gasteiger partial charge on any atom is 0.247 e. The second-order valence-electron chi connectivity index (χ2n) is 4.49. The predicted molar refractivity (Wildman–Crippen MR) is 64.4 cm³/mol. The summed E-state index contributed by atoms with van der Waals surface area (Å²) in [5, 5.41) is 11.3. The molecule has 0 bridgehead atoms. The number of nitrogens with zero attached hydrogens (tertiary/aromatic N) is 2. The van der Waals surface area contributed by atoms with E-state index in [2.05, 4.69) is 15.5 Å². The standard InChI is InChI=1S/C13H14FN3O/c14-10-3-1-2-9(8-10)13-17-16-12(18-13)6-7-15-11-4-5-11/h1-3,8,11,15H,4-7H2. The molecule has 1 aliphatic rings. The van der Waals surface area contributed by atoms with E-state index in [0.717, 1.165) is 6.54 Å². The highest BCUT2D eigenvalue weighted by Gasteiger charge is 2.20. The lowest BCUT2D eigenvalue weighted by atomic mass is 10.2. The van der Waals surface area contributed by atoms with Crippen LogP contribution in [0.5, 0.6) is 0 Å². The fourth-order valence-electron chi connectivity index (χ4n) is 1.76. The van der Waals surface area contributed by atoms with Crippen molar-refractivity contribution >= 4 is 0 Å². The van der Waals surface area contributed by atoms with Crippen LogP contribution in [0.1, 0.15) is 18.7 Å². The normalized spacial score (nSPS) is 14.9. The van der Waals surface area contributed by atoms with Crippen molar-refractivity contribution in [1.29, 1.82) is 0 Å². The van der Waals surface area contributed by atoms with Gasteiger partial charge < -0.3 is 9.73 Å². The molecule has 5 heteroatoms. The Bertz CT molecular complexity index is 537. The van der Waals surface area contributed by atoms with Crippen LogP contribution < -0.4 is 5.32 Å². The lowest BCUT2D eigenvalue weighted by Gasteiger charge is -1.98. The quantitative estimate of drug-likeness (QED) is 0.879. The largest absolute Gasteiger partial charge is 0.421 e. The molecule has 0 atom stereocenters. The summed E-state index contributed by atoms with van der Waals surface area (Å²) in [6.07, 6.45) is 3.23. The number of rotatable bonds is 5. The molecule has 18 heavy (non-hydrogen) atoms. The molecule has 0 radical (unpaired) electrons. The van der Waals surface area contributed by atoms with Gasteiger partial charge in [-0.25, -0.2) is 4.39 Å². The molecule has 0 aliphatic heterocycles. The van der Waals surface area contributed by atoms with Crippen molar-refractivity contribution in [2.24, 2.45) is 0 Å². The third-order valence-electron chi connectivity index (χ3n) is 2.89.